The van der Waals surface area contributed by atoms with Gasteiger partial charge in [0, 0.05) is 18.4 Å². The van der Waals surface area contributed by atoms with Gasteiger partial charge >= 0.3 is 0 Å². The van der Waals surface area contributed by atoms with Crippen LogP contribution in [-0.4, -0.2) is 16.5 Å². The molecular weight excluding hydrogens is 246 g/mol. The minimum absolute atomic E-state index is 0.460. The molecule has 1 atom stereocenters. The Hall–Kier alpha value is -1.48. The predicted molar refractivity (Wildman–Crippen MR) is 82.5 cm³/mol. The van der Waals surface area contributed by atoms with Crippen LogP contribution in [0.3, 0.4) is 0 Å². The first-order valence-corrected chi connectivity index (χ1v) is 7.81. The number of hydrogen-bond donors (Lipinski definition) is 1. The van der Waals surface area contributed by atoms with Crippen LogP contribution in [-0.2, 0) is 0 Å². The lowest BCUT2D eigenvalue weighted by Gasteiger charge is -2.19. The maximum Gasteiger partial charge on any atom is 0.0890 e. The zero-order chi connectivity index (χ0) is 13.8. The van der Waals surface area contributed by atoms with E-state index >= 15 is 0 Å². The lowest BCUT2D eigenvalue weighted by molar-refractivity contribution is 0.470. The molecule has 0 radical (unpaired) electrons. The van der Waals surface area contributed by atoms with E-state index < -0.39 is 0 Å². The fourth-order valence-electron chi connectivity index (χ4n) is 2.71. The summed E-state index contributed by atoms with van der Waals surface area (Å²) in [7, 11) is 0. The summed E-state index contributed by atoms with van der Waals surface area (Å²) in [5.41, 5.74) is 3.33. The molecule has 106 valence electrons. The molecule has 0 saturated heterocycles. The Balaban J connectivity index is 1.78. The Morgan fingerprint density at radius 3 is 2.75 bits per heavy atom. The summed E-state index contributed by atoms with van der Waals surface area (Å²) in [5, 5.41) is 3.69. The molecule has 0 amide bonds. The number of rotatable bonds is 7. The minimum Gasteiger partial charge on any atom is -0.310 e. The van der Waals surface area contributed by atoms with Gasteiger partial charge in [-0.2, -0.15) is 0 Å². The van der Waals surface area contributed by atoms with Gasteiger partial charge in [0.15, 0.2) is 0 Å². The maximum absolute atomic E-state index is 4.42. The third-order valence-corrected chi connectivity index (χ3v) is 4.10. The molecule has 1 aliphatic rings. The number of nitrogens with zero attached hydrogens (tertiary/aromatic N) is 2. The largest absolute Gasteiger partial charge is 0.310 e. The first-order chi connectivity index (χ1) is 9.86. The van der Waals surface area contributed by atoms with Crippen molar-refractivity contribution in [3.05, 3.63) is 36.2 Å². The molecule has 1 aromatic carbocycles. The smallest absolute Gasteiger partial charge is 0.0890 e. The highest BCUT2D eigenvalue weighted by atomic mass is 14.9. The van der Waals surface area contributed by atoms with Gasteiger partial charge in [-0.15, -0.1) is 0 Å². The van der Waals surface area contributed by atoms with Gasteiger partial charge in [0.05, 0.1) is 11.0 Å². The summed E-state index contributed by atoms with van der Waals surface area (Å²) in [6.45, 7) is 3.30. The predicted octanol–water partition coefficient (Wildman–Crippen LogP) is 3.86. The van der Waals surface area contributed by atoms with E-state index in [-0.39, 0.29) is 0 Å². The van der Waals surface area contributed by atoms with E-state index in [0.717, 1.165) is 23.5 Å². The van der Waals surface area contributed by atoms with E-state index in [1.807, 2.05) is 0 Å². The summed E-state index contributed by atoms with van der Waals surface area (Å²) < 4.78 is 0. The van der Waals surface area contributed by atoms with E-state index in [2.05, 4.69) is 40.4 Å². The third kappa shape index (κ3) is 3.34. The highest BCUT2D eigenvalue weighted by Crippen LogP contribution is 2.36. The van der Waals surface area contributed by atoms with Crippen LogP contribution in [0.2, 0.25) is 0 Å². The third-order valence-electron chi connectivity index (χ3n) is 4.10. The van der Waals surface area contributed by atoms with Crippen LogP contribution < -0.4 is 5.32 Å². The van der Waals surface area contributed by atoms with Crippen molar-refractivity contribution < 1.29 is 0 Å². The Kier molecular flexibility index (Phi) is 4.26. The maximum atomic E-state index is 4.42. The summed E-state index contributed by atoms with van der Waals surface area (Å²) in [5.74, 6) is 0.987. The normalized spacial score (nSPS) is 16.4. The van der Waals surface area contributed by atoms with Crippen LogP contribution in [0.5, 0.6) is 0 Å². The van der Waals surface area contributed by atoms with Gasteiger partial charge in [0.25, 0.3) is 0 Å². The lowest BCUT2D eigenvalue weighted by Crippen LogP contribution is -2.22. The van der Waals surface area contributed by atoms with E-state index in [9.17, 15) is 0 Å². The quantitative estimate of drug-likeness (QED) is 0.829. The fourth-order valence-corrected chi connectivity index (χ4v) is 2.71. The highest BCUT2D eigenvalue weighted by Gasteiger charge is 2.23. The fraction of sp³-hybridized carbons (Fsp3) is 0.529. The highest BCUT2D eigenvalue weighted by molar-refractivity contribution is 5.74. The number of aromatic nitrogens is 2. The van der Waals surface area contributed by atoms with Crippen LogP contribution in [0.4, 0.5) is 0 Å². The molecule has 1 unspecified atom stereocenters. The number of nitrogens with one attached hydrogen (secondary N) is 1. The molecule has 3 nitrogen and oxygen atoms in total. The molecular formula is C17H23N3. The Morgan fingerprint density at radius 1 is 1.20 bits per heavy atom. The van der Waals surface area contributed by atoms with Gasteiger partial charge in [0.2, 0.25) is 0 Å². The van der Waals surface area contributed by atoms with Gasteiger partial charge in [-0.25, -0.2) is 0 Å². The summed E-state index contributed by atoms with van der Waals surface area (Å²) >= 11 is 0. The molecule has 1 fully saturated rings. The molecule has 0 spiro atoms. The monoisotopic (exact) mass is 269 g/mol. The molecule has 0 bridgehead atoms. The zero-order valence-corrected chi connectivity index (χ0v) is 12.2. The van der Waals surface area contributed by atoms with Gasteiger partial charge in [0.1, 0.15) is 0 Å². The minimum atomic E-state index is 0.460. The second kappa shape index (κ2) is 6.31. The molecule has 3 heteroatoms. The van der Waals surface area contributed by atoms with Crippen molar-refractivity contribution in [2.45, 2.75) is 45.1 Å². The van der Waals surface area contributed by atoms with Crippen LogP contribution in [0.25, 0.3) is 11.0 Å². The van der Waals surface area contributed by atoms with Crippen molar-refractivity contribution in [3.63, 3.8) is 0 Å². The standard InChI is InChI=1S/C17H23N3/c1-2-9-18-15(7-5-13-3-4-13)14-6-8-16-17(12-14)20-11-10-19-16/h6,8,10-13,15,18H,2-5,7,9H2,1H3. The molecule has 1 saturated carbocycles. The van der Waals surface area contributed by atoms with E-state index in [1.165, 1.54) is 37.7 Å². The molecule has 0 aliphatic heterocycles. The first kappa shape index (κ1) is 13.5. The molecule has 1 aromatic heterocycles. The molecule has 1 aliphatic carbocycles. The van der Waals surface area contributed by atoms with Gasteiger partial charge < -0.3 is 5.32 Å². The van der Waals surface area contributed by atoms with Crippen LogP contribution in [0.1, 0.15) is 50.6 Å². The number of fused-ring (bicyclic) bond motifs is 1. The summed E-state index contributed by atoms with van der Waals surface area (Å²) in [6.07, 6.45) is 10.1. The zero-order valence-electron chi connectivity index (χ0n) is 12.2. The number of hydrogen-bond acceptors (Lipinski definition) is 3. The van der Waals surface area contributed by atoms with Crippen molar-refractivity contribution in [1.82, 2.24) is 15.3 Å². The number of benzene rings is 1. The second-order valence-corrected chi connectivity index (χ2v) is 5.83. The van der Waals surface area contributed by atoms with Crippen LogP contribution in [0, 0.1) is 5.92 Å². The average molecular weight is 269 g/mol. The molecule has 1 N–H and O–H groups in total. The van der Waals surface area contributed by atoms with Crippen molar-refractivity contribution in [1.29, 1.82) is 0 Å². The van der Waals surface area contributed by atoms with E-state index in [1.54, 1.807) is 12.4 Å². The Morgan fingerprint density at radius 2 is 2.00 bits per heavy atom. The van der Waals surface area contributed by atoms with Crippen LogP contribution >= 0.6 is 0 Å². The Bertz CT molecular complexity index is 563. The average Bonchev–Trinajstić information content (AvgIpc) is 3.31. The van der Waals surface area contributed by atoms with Crippen molar-refractivity contribution in [2.75, 3.05) is 6.54 Å². The molecule has 20 heavy (non-hydrogen) atoms. The van der Waals surface area contributed by atoms with E-state index in [4.69, 9.17) is 0 Å². The van der Waals surface area contributed by atoms with Crippen molar-refractivity contribution in [2.24, 2.45) is 5.92 Å². The van der Waals surface area contributed by atoms with Crippen molar-refractivity contribution >= 4 is 11.0 Å². The molecule has 3 rings (SSSR count). The van der Waals surface area contributed by atoms with Gasteiger partial charge in [-0.3, -0.25) is 9.97 Å². The van der Waals surface area contributed by atoms with Crippen molar-refractivity contribution in [3.8, 4) is 0 Å². The Labute approximate surface area is 120 Å². The molecule has 2 aromatic rings. The lowest BCUT2D eigenvalue weighted by atomic mass is 9.99. The summed E-state index contributed by atoms with van der Waals surface area (Å²) in [4.78, 5) is 8.77. The van der Waals surface area contributed by atoms with E-state index in [0.29, 0.717) is 6.04 Å². The second-order valence-electron chi connectivity index (χ2n) is 5.83. The van der Waals surface area contributed by atoms with Gasteiger partial charge in [-0.05, 0) is 49.4 Å². The van der Waals surface area contributed by atoms with Gasteiger partial charge in [-0.1, -0.05) is 25.8 Å². The SMILES string of the molecule is CCCNC(CCC1CC1)c1ccc2nccnc2c1. The molecule has 1 heterocycles. The van der Waals surface area contributed by atoms with Crippen LogP contribution in [0.15, 0.2) is 30.6 Å². The first-order valence-electron chi connectivity index (χ1n) is 7.81. The summed E-state index contributed by atoms with van der Waals surface area (Å²) in [6, 6.07) is 6.96. The topological polar surface area (TPSA) is 37.8 Å².